The highest BCUT2D eigenvalue weighted by Crippen LogP contribution is 2.45. The van der Waals surface area contributed by atoms with Crippen molar-refractivity contribution in [2.75, 3.05) is 6.54 Å². The van der Waals surface area contributed by atoms with Crippen LogP contribution in [0.3, 0.4) is 0 Å². The van der Waals surface area contributed by atoms with Gasteiger partial charge in [0, 0.05) is 12.1 Å². The summed E-state index contributed by atoms with van der Waals surface area (Å²) in [7, 11) is 0. The zero-order chi connectivity index (χ0) is 10.3. The summed E-state index contributed by atoms with van der Waals surface area (Å²) in [5, 5.41) is 0. The van der Waals surface area contributed by atoms with Crippen molar-refractivity contribution in [1.29, 1.82) is 0 Å². The molecule has 1 nitrogen and oxygen atoms in total. The van der Waals surface area contributed by atoms with E-state index in [1.54, 1.807) is 0 Å². The van der Waals surface area contributed by atoms with Gasteiger partial charge in [-0.05, 0) is 43.6 Å². The summed E-state index contributed by atoms with van der Waals surface area (Å²) >= 11 is 0. The molecule has 0 spiro atoms. The molecule has 0 aromatic heterocycles. The number of rotatable bonds is 2. The van der Waals surface area contributed by atoms with Gasteiger partial charge in [-0.25, -0.2) is 0 Å². The summed E-state index contributed by atoms with van der Waals surface area (Å²) in [5.74, 6) is 0.994. The highest BCUT2D eigenvalue weighted by molar-refractivity contribution is 5.00. The Morgan fingerprint density at radius 2 is 1.93 bits per heavy atom. The first-order valence-corrected chi connectivity index (χ1v) is 6.27. The molecule has 2 saturated heterocycles. The Morgan fingerprint density at radius 3 is 2.43 bits per heavy atom. The molecule has 14 heavy (non-hydrogen) atoms. The van der Waals surface area contributed by atoms with E-state index in [-0.39, 0.29) is 0 Å². The van der Waals surface area contributed by atoms with Crippen molar-refractivity contribution in [3.05, 3.63) is 0 Å². The van der Waals surface area contributed by atoms with Gasteiger partial charge >= 0.3 is 0 Å². The summed E-state index contributed by atoms with van der Waals surface area (Å²) in [6, 6.07) is 1.88. The van der Waals surface area contributed by atoms with E-state index in [9.17, 15) is 0 Å². The van der Waals surface area contributed by atoms with Crippen LogP contribution in [0.15, 0.2) is 0 Å². The van der Waals surface area contributed by atoms with Crippen LogP contribution in [-0.4, -0.2) is 23.5 Å². The smallest absolute Gasteiger partial charge is 0.0128 e. The average Bonchev–Trinajstić information content (AvgIpc) is 2.56. The van der Waals surface area contributed by atoms with Crippen molar-refractivity contribution in [2.45, 2.75) is 65.5 Å². The molecule has 82 valence electrons. The van der Waals surface area contributed by atoms with Crippen LogP contribution in [0.1, 0.15) is 53.4 Å². The molecule has 2 fully saturated rings. The lowest BCUT2D eigenvalue weighted by molar-refractivity contribution is 0.212. The van der Waals surface area contributed by atoms with Crippen molar-refractivity contribution in [3.8, 4) is 0 Å². The molecular weight excluding hydrogens is 170 g/mol. The van der Waals surface area contributed by atoms with Gasteiger partial charge in [-0.15, -0.1) is 0 Å². The lowest BCUT2D eigenvalue weighted by Crippen LogP contribution is -2.31. The van der Waals surface area contributed by atoms with Crippen LogP contribution in [0, 0.1) is 11.3 Å². The van der Waals surface area contributed by atoms with Gasteiger partial charge in [-0.3, -0.25) is 4.90 Å². The van der Waals surface area contributed by atoms with E-state index in [4.69, 9.17) is 0 Å². The van der Waals surface area contributed by atoms with Crippen molar-refractivity contribution in [1.82, 2.24) is 4.90 Å². The van der Waals surface area contributed by atoms with Gasteiger partial charge in [0.25, 0.3) is 0 Å². The highest BCUT2D eigenvalue weighted by atomic mass is 15.2. The van der Waals surface area contributed by atoms with Gasteiger partial charge in [-0.2, -0.15) is 0 Å². The van der Waals surface area contributed by atoms with Gasteiger partial charge in [-0.1, -0.05) is 27.7 Å². The second kappa shape index (κ2) is 3.52. The van der Waals surface area contributed by atoms with Crippen LogP contribution in [0.4, 0.5) is 0 Å². The van der Waals surface area contributed by atoms with Crippen molar-refractivity contribution >= 4 is 0 Å². The lowest BCUT2D eigenvalue weighted by Gasteiger charge is -2.29. The molecule has 0 saturated carbocycles. The molecule has 2 aliphatic heterocycles. The van der Waals surface area contributed by atoms with Crippen LogP contribution in [0.25, 0.3) is 0 Å². The molecule has 1 heteroatoms. The van der Waals surface area contributed by atoms with Gasteiger partial charge in [0.05, 0.1) is 0 Å². The van der Waals surface area contributed by atoms with E-state index in [1.165, 1.54) is 32.2 Å². The van der Waals surface area contributed by atoms with E-state index in [2.05, 4.69) is 32.6 Å². The fraction of sp³-hybridized carbons (Fsp3) is 1.00. The van der Waals surface area contributed by atoms with Crippen LogP contribution < -0.4 is 0 Å². The summed E-state index contributed by atoms with van der Waals surface area (Å²) < 4.78 is 0. The van der Waals surface area contributed by atoms with Gasteiger partial charge in [0.2, 0.25) is 0 Å². The number of fused-ring (bicyclic) bond motifs is 2. The molecule has 0 aliphatic carbocycles. The molecule has 0 aromatic carbocycles. The molecule has 2 bridgehead atoms. The Kier molecular flexibility index (Phi) is 2.63. The number of nitrogens with zero attached hydrogens (tertiary/aromatic N) is 1. The summed E-state index contributed by atoms with van der Waals surface area (Å²) in [5.41, 5.74) is 0.522. The summed E-state index contributed by atoms with van der Waals surface area (Å²) in [6.45, 7) is 10.8. The van der Waals surface area contributed by atoms with Crippen LogP contribution in [0.2, 0.25) is 0 Å². The van der Waals surface area contributed by atoms with Gasteiger partial charge < -0.3 is 0 Å². The van der Waals surface area contributed by atoms with Crippen LogP contribution in [-0.2, 0) is 0 Å². The SMILES string of the molecule is CCN1C2CCC1C(CC(C)(C)C)C2. The Bertz CT molecular complexity index is 204. The third-order valence-electron chi connectivity index (χ3n) is 4.05. The maximum atomic E-state index is 2.76. The maximum absolute atomic E-state index is 2.76. The fourth-order valence-electron chi connectivity index (χ4n) is 3.73. The Hall–Kier alpha value is -0.0400. The first-order chi connectivity index (χ1) is 6.51. The van der Waals surface area contributed by atoms with Crippen molar-refractivity contribution in [3.63, 3.8) is 0 Å². The largest absolute Gasteiger partial charge is 0.297 e. The number of hydrogen-bond acceptors (Lipinski definition) is 1. The quantitative estimate of drug-likeness (QED) is 0.653. The molecule has 0 amide bonds. The minimum absolute atomic E-state index is 0.522. The number of hydrogen-bond donors (Lipinski definition) is 0. The zero-order valence-electron chi connectivity index (χ0n) is 10.2. The molecule has 2 heterocycles. The lowest BCUT2D eigenvalue weighted by atomic mass is 9.77. The summed E-state index contributed by atoms with van der Waals surface area (Å²) in [6.07, 6.45) is 5.85. The molecule has 2 aliphatic rings. The minimum atomic E-state index is 0.522. The Morgan fingerprint density at radius 1 is 1.21 bits per heavy atom. The topological polar surface area (TPSA) is 3.24 Å². The third-order valence-corrected chi connectivity index (χ3v) is 4.05. The minimum Gasteiger partial charge on any atom is -0.297 e. The second-order valence-corrected chi connectivity index (χ2v) is 6.39. The first-order valence-electron chi connectivity index (χ1n) is 6.27. The standard InChI is InChI=1S/C13H25N/c1-5-14-11-6-7-12(14)10(8-11)9-13(2,3)4/h10-12H,5-9H2,1-4H3. The van der Waals surface area contributed by atoms with Crippen LogP contribution >= 0.6 is 0 Å². The van der Waals surface area contributed by atoms with E-state index < -0.39 is 0 Å². The second-order valence-electron chi connectivity index (χ2n) is 6.39. The first kappa shape index (κ1) is 10.5. The highest BCUT2D eigenvalue weighted by Gasteiger charge is 2.45. The molecule has 2 rings (SSSR count). The van der Waals surface area contributed by atoms with E-state index in [0.29, 0.717) is 5.41 Å². The molecule has 0 N–H and O–H groups in total. The molecule has 0 aromatic rings. The van der Waals surface area contributed by atoms with Crippen molar-refractivity contribution < 1.29 is 0 Å². The van der Waals surface area contributed by atoms with E-state index in [1.807, 2.05) is 0 Å². The third kappa shape index (κ3) is 1.84. The summed E-state index contributed by atoms with van der Waals surface area (Å²) in [4.78, 5) is 2.76. The molecular formula is C13H25N. The predicted molar refractivity (Wildman–Crippen MR) is 61.4 cm³/mol. The molecule has 3 atom stereocenters. The maximum Gasteiger partial charge on any atom is 0.0128 e. The Balaban J connectivity index is 1.98. The normalized spacial score (nSPS) is 38.1. The molecule has 3 unspecified atom stereocenters. The monoisotopic (exact) mass is 195 g/mol. The Labute approximate surface area is 88.9 Å². The van der Waals surface area contributed by atoms with Gasteiger partial charge in [0.15, 0.2) is 0 Å². The van der Waals surface area contributed by atoms with Crippen molar-refractivity contribution in [2.24, 2.45) is 11.3 Å². The van der Waals surface area contributed by atoms with Crippen LogP contribution in [0.5, 0.6) is 0 Å². The zero-order valence-corrected chi connectivity index (χ0v) is 10.2. The average molecular weight is 195 g/mol. The predicted octanol–water partition coefficient (Wildman–Crippen LogP) is 3.30. The van der Waals surface area contributed by atoms with E-state index >= 15 is 0 Å². The fourth-order valence-corrected chi connectivity index (χ4v) is 3.73. The van der Waals surface area contributed by atoms with E-state index in [0.717, 1.165) is 18.0 Å². The molecule has 0 radical (unpaired) electrons. The van der Waals surface area contributed by atoms with Gasteiger partial charge in [0.1, 0.15) is 0 Å².